The summed E-state index contributed by atoms with van der Waals surface area (Å²) < 4.78 is 0. The third kappa shape index (κ3) is 2.11. The average Bonchev–Trinajstić information content (AvgIpc) is 2.15. The second-order valence-electron chi connectivity index (χ2n) is 3.74. The maximum atomic E-state index is 4.13. The molecule has 0 radical (unpaired) electrons. The van der Waals surface area contributed by atoms with Crippen LogP contribution < -0.4 is 5.32 Å². The molecule has 1 aromatic rings. The number of hydrogen-bond acceptors (Lipinski definition) is 3. The third-order valence-electron chi connectivity index (χ3n) is 2.79. The lowest BCUT2D eigenvalue weighted by molar-refractivity contribution is 0.145. The fraction of sp³-hybridized carbons (Fsp3) is 0.545. The summed E-state index contributed by atoms with van der Waals surface area (Å²) in [6.07, 6.45) is 3.78. The Bertz CT molecular complexity index is 269. The normalized spacial score (nSPS) is 17.0. The molecule has 1 N–H and O–H groups in total. The monoisotopic (exact) mass is 191 g/mol. The first-order chi connectivity index (χ1) is 6.90. The van der Waals surface area contributed by atoms with Crippen LogP contribution in [-0.2, 0) is 6.54 Å². The van der Waals surface area contributed by atoms with Crippen LogP contribution in [0.25, 0.3) is 0 Å². The van der Waals surface area contributed by atoms with E-state index < -0.39 is 0 Å². The van der Waals surface area contributed by atoms with Crippen molar-refractivity contribution < 1.29 is 0 Å². The molecule has 3 heteroatoms. The zero-order valence-electron chi connectivity index (χ0n) is 8.61. The van der Waals surface area contributed by atoms with Gasteiger partial charge in [0.15, 0.2) is 0 Å². The van der Waals surface area contributed by atoms with Crippen LogP contribution in [0.5, 0.6) is 0 Å². The van der Waals surface area contributed by atoms with Gasteiger partial charge in [0, 0.05) is 38.1 Å². The summed E-state index contributed by atoms with van der Waals surface area (Å²) in [6.45, 7) is 6.62. The maximum absolute atomic E-state index is 4.13. The predicted molar refractivity (Wildman–Crippen MR) is 57.0 cm³/mol. The molecule has 1 fully saturated rings. The molecule has 2 heterocycles. The van der Waals surface area contributed by atoms with E-state index in [4.69, 9.17) is 0 Å². The number of likely N-dealkylation sites (N-methyl/N-ethyl adjacent to an activating group) is 1. The van der Waals surface area contributed by atoms with Crippen LogP contribution in [0.15, 0.2) is 24.5 Å². The zero-order valence-corrected chi connectivity index (χ0v) is 8.61. The molecule has 0 atom stereocenters. The van der Waals surface area contributed by atoms with E-state index in [2.05, 4.69) is 28.2 Å². The Kier molecular flexibility index (Phi) is 3.11. The van der Waals surface area contributed by atoms with Gasteiger partial charge in [0.25, 0.3) is 0 Å². The van der Waals surface area contributed by atoms with Crippen LogP contribution in [0, 0.1) is 0 Å². The summed E-state index contributed by atoms with van der Waals surface area (Å²) in [5.74, 6) is 0. The summed E-state index contributed by atoms with van der Waals surface area (Å²) in [5.41, 5.74) is 1.31. The molecule has 0 unspecified atom stereocenters. The van der Waals surface area contributed by atoms with E-state index in [0.29, 0.717) is 0 Å². The van der Waals surface area contributed by atoms with Crippen molar-refractivity contribution in [3.8, 4) is 0 Å². The molecule has 3 nitrogen and oxygen atoms in total. The van der Waals surface area contributed by atoms with Crippen LogP contribution in [0.4, 0.5) is 0 Å². The number of rotatable bonds is 4. The van der Waals surface area contributed by atoms with E-state index >= 15 is 0 Å². The maximum Gasteiger partial charge on any atom is 0.0348 e. The van der Waals surface area contributed by atoms with E-state index in [-0.39, 0.29) is 0 Å². The lowest BCUT2D eigenvalue weighted by Crippen LogP contribution is -2.56. The van der Waals surface area contributed by atoms with Crippen LogP contribution in [0.1, 0.15) is 12.5 Å². The topological polar surface area (TPSA) is 28.2 Å². The van der Waals surface area contributed by atoms with Gasteiger partial charge in [-0.2, -0.15) is 0 Å². The van der Waals surface area contributed by atoms with Crippen molar-refractivity contribution >= 4 is 0 Å². The lowest BCUT2D eigenvalue weighted by atomic mass is 10.1. The highest BCUT2D eigenvalue weighted by Crippen LogP contribution is 2.09. The van der Waals surface area contributed by atoms with Gasteiger partial charge < -0.3 is 5.32 Å². The van der Waals surface area contributed by atoms with Gasteiger partial charge in [-0.05, 0) is 18.2 Å². The zero-order chi connectivity index (χ0) is 9.80. The predicted octanol–water partition coefficient (Wildman–Crippen LogP) is 0.875. The quantitative estimate of drug-likeness (QED) is 0.765. The van der Waals surface area contributed by atoms with Crippen molar-refractivity contribution in [3.63, 3.8) is 0 Å². The smallest absolute Gasteiger partial charge is 0.0348 e. The van der Waals surface area contributed by atoms with Gasteiger partial charge in [0.1, 0.15) is 0 Å². The van der Waals surface area contributed by atoms with Crippen molar-refractivity contribution in [1.82, 2.24) is 15.2 Å². The summed E-state index contributed by atoms with van der Waals surface area (Å²) in [5, 5.41) is 3.30. The first kappa shape index (κ1) is 9.62. The van der Waals surface area contributed by atoms with Crippen molar-refractivity contribution in [2.24, 2.45) is 0 Å². The minimum atomic E-state index is 0.722. The largest absolute Gasteiger partial charge is 0.314 e. The van der Waals surface area contributed by atoms with E-state index in [1.165, 1.54) is 5.56 Å². The molecule has 1 saturated heterocycles. The van der Waals surface area contributed by atoms with E-state index in [9.17, 15) is 0 Å². The first-order valence-corrected chi connectivity index (χ1v) is 5.24. The first-order valence-electron chi connectivity index (χ1n) is 5.24. The van der Waals surface area contributed by atoms with Crippen molar-refractivity contribution in [2.45, 2.75) is 19.5 Å². The fourth-order valence-corrected chi connectivity index (χ4v) is 1.76. The van der Waals surface area contributed by atoms with Crippen molar-refractivity contribution in [1.29, 1.82) is 0 Å². The van der Waals surface area contributed by atoms with Crippen LogP contribution >= 0.6 is 0 Å². The van der Waals surface area contributed by atoms with E-state index in [0.717, 1.165) is 32.2 Å². The molecule has 0 spiro atoms. The molecular weight excluding hydrogens is 174 g/mol. The second kappa shape index (κ2) is 4.53. The molecule has 76 valence electrons. The molecule has 0 saturated carbocycles. The molecule has 0 aliphatic carbocycles. The Balaban J connectivity index is 1.94. The number of pyridine rings is 1. The highest BCUT2D eigenvalue weighted by atomic mass is 15.2. The Hall–Kier alpha value is -0.930. The highest BCUT2D eigenvalue weighted by molar-refractivity contribution is 5.08. The Morgan fingerprint density at radius 1 is 1.57 bits per heavy atom. The van der Waals surface area contributed by atoms with E-state index in [1.54, 1.807) is 0 Å². The molecule has 0 aromatic carbocycles. The Morgan fingerprint density at radius 3 is 2.93 bits per heavy atom. The molecule has 0 amide bonds. The Labute approximate surface area is 85.1 Å². The van der Waals surface area contributed by atoms with Gasteiger partial charge in [-0.1, -0.05) is 13.0 Å². The van der Waals surface area contributed by atoms with Gasteiger partial charge in [0.2, 0.25) is 0 Å². The molecule has 1 aliphatic heterocycles. The fourth-order valence-electron chi connectivity index (χ4n) is 1.76. The minimum Gasteiger partial charge on any atom is -0.314 e. The van der Waals surface area contributed by atoms with Crippen LogP contribution in [0.2, 0.25) is 0 Å². The van der Waals surface area contributed by atoms with Crippen molar-refractivity contribution in [3.05, 3.63) is 30.1 Å². The van der Waals surface area contributed by atoms with Gasteiger partial charge in [-0.25, -0.2) is 0 Å². The summed E-state index contributed by atoms with van der Waals surface area (Å²) >= 11 is 0. The second-order valence-corrected chi connectivity index (χ2v) is 3.74. The SMILES string of the molecule is CCN(Cc1cccnc1)C1CNC1. The number of nitrogens with one attached hydrogen (secondary N) is 1. The summed E-state index contributed by atoms with van der Waals surface area (Å²) in [7, 11) is 0. The summed E-state index contributed by atoms with van der Waals surface area (Å²) in [4.78, 5) is 6.63. The molecule has 1 aliphatic rings. The Morgan fingerprint density at radius 2 is 2.43 bits per heavy atom. The molecule has 0 bridgehead atoms. The minimum absolute atomic E-state index is 0.722. The molecule has 1 aromatic heterocycles. The molecule has 14 heavy (non-hydrogen) atoms. The lowest BCUT2D eigenvalue weighted by Gasteiger charge is -2.37. The molecular formula is C11H17N3. The molecule has 2 rings (SSSR count). The highest BCUT2D eigenvalue weighted by Gasteiger charge is 2.22. The summed E-state index contributed by atoms with van der Waals surface area (Å²) in [6, 6.07) is 4.87. The number of aromatic nitrogens is 1. The van der Waals surface area contributed by atoms with Gasteiger partial charge >= 0.3 is 0 Å². The van der Waals surface area contributed by atoms with Crippen LogP contribution in [-0.4, -0.2) is 35.6 Å². The van der Waals surface area contributed by atoms with Crippen LogP contribution in [0.3, 0.4) is 0 Å². The number of nitrogens with zero attached hydrogens (tertiary/aromatic N) is 2. The van der Waals surface area contributed by atoms with Gasteiger partial charge in [-0.3, -0.25) is 9.88 Å². The standard InChI is InChI=1S/C11H17N3/c1-2-14(11-7-13-8-11)9-10-4-3-5-12-6-10/h3-6,11,13H,2,7-9H2,1H3. The third-order valence-corrected chi connectivity index (χ3v) is 2.79. The van der Waals surface area contributed by atoms with E-state index in [1.807, 2.05) is 18.5 Å². The number of hydrogen-bond donors (Lipinski definition) is 1. The average molecular weight is 191 g/mol. The van der Waals surface area contributed by atoms with Crippen molar-refractivity contribution in [2.75, 3.05) is 19.6 Å². The van der Waals surface area contributed by atoms with Gasteiger partial charge in [-0.15, -0.1) is 0 Å². The van der Waals surface area contributed by atoms with Gasteiger partial charge in [0.05, 0.1) is 0 Å².